The van der Waals surface area contributed by atoms with Crippen LogP contribution in [-0.2, 0) is 17.6 Å². The Balaban J connectivity index is 1.36. The molecule has 1 aliphatic rings. The number of amides is 1. The predicted molar refractivity (Wildman–Crippen MR) is 105 cm³/mol. The number of hydrogen-bond donors (Lipinski definition) is 1. The maximum atomic E-state index is 12.4. The highest BCUT2D eigenvalue weighted by Crippen LogP contribution is 2.30. The topological polar surface area (TPSA) is 99.4 Å². The molecule has 3 heterocycles. The second-order valence-electron chi connectivity index (χ2n) is 6.86. The lowest BCUT2D eigenvalue weighted by Gasteiger charge is -2.18. The Morgan fingerprint density at radius 3 is 2.76 bits per heavy atom. The Labute approximate surface area is 168 Å². The summed E-state index contributed by atoms with van der Waals surface area (Å²) in [7, 11) is 0. The van der Waals surface area contributed by atoms with Gasteiger partial charge in [-0.1, -0.05) is 11.2 Å². The summed E-state index contributed by atoms with van der Waals surface area (Å²) in [4.78, 5) is 21.1. The molecule has 4 rings (SSSR count). The summed E-state index contributed by atoms with van der Waals surface area (Å²) < 4.78 is 16.4. The molecule has 1 amide bonds. The highest BCUT2D eigenvalue weighted by atomic mass is 16.6. The van der Waals surface area contributed by atoms with Crippen molar-refractivity contribution >= 4 is 5.91 Å². The summed E-state index contributed by atoms with van der Waals surface area (Å²) in [5.41, 5.74) is 3.27. The van der Waals surface area contributed by atoms with E-state index in [1.165, 1.54) is 0 Å². The van der Waals surface area contributed by atoms with Gasteiger partial charge in [0.1, 0.15) is 19.0 Å². The fraction of sp³-hybridized carbons (Fsp3) is 0.333. The van der Waals surface area contributed by atoms with Crippen molar-refractivity contribution in [3.8, 4) is 22.8 Å². The van der Waals surface area contributed by atoms with Crippen LogP contribution in [0.25, 0.3) is 11.3 Å². The van der Waals surface area contributed by atoms with E-state index in [1.54, 1.807) is 6.20 Å². The molecule has 0 aliphatic carbocycles. The van der Waals surface area contributed by atoms with E-state index < -0.39 is 0 Å². The molecule has 1 aliphatic heterocycles. The fourth-order valence-electron chi connectivity index (χ4n) is 3.17. The lowest BCUT2D eigenvalue weighted by molar-refractivity contribution is -0.120. The van der Waals surface area contributed by atoms with Crippen LogP contribution < -0.4 is 14.8 Å². The van der Waals surface area contributed by atoms with Crippen molar-refractivity contribution in [3.63, 3.8) is 0 Å². The standard InChI is InChI=1S/C21H22N4O4/c1-13-9-19(29-25-13)16-12-23-14(2)24-17(16)5-6-22-21(26)11-15-3-4-18-20(10-15)28-8-7-27-18/h3-4,9-10,12H,5-8,11H2,1-2H3,(H,22,26). The first-order chi connectivity index (χ1) is 14.1. The van der Waals surface area contributed by atoms with Gasteiger partial charge in [0.25, 0.3) is 0 Å². The lowest BCUT2D eigenvalue weighted by Crippen LogP contribution is -2.27. The Morgan fingerprint density at radius 2 is 1.97 bits per heavy atom. The number of benzene rings is 1. The Morgan fingerprint density at radius 1 is 1.14 bits per heavy atom. The van der Waals surface area contributed by atoms with Gasteiger partial charge >= 0.3 is 0 Å². The first-order valence-corrected chi connectivity index (χ1v) is 9.50. The number of nitrogens with one attached hydrogen (secondary N) is 1. The van der Waals surface area contributed by atoms with Crippen molar-refractivity contribution < 1.29 is 18.8 Å². The van der Waals surface area contributed by atoms with Crippen molar-refractivity contribution in [2.24, 2.45) is 0 Å². The quantitative estimate of drug-likeness (QED) is 0.685. The largest absolute Gasteiger partial charge is 0.486 e. The number of ether oxygens (including phenoxy) is 2. The van der Waals surface area contributed by atoms with Gasteiger partial charge in [0.2, 0.25) is 5.91 Å². The zero-order valence-corrected chi connectivity index (χ0v) is 16.4. The van der Waals surface area contributed by atoms with Crippen molar-refractivity contribution in [1.82, 2.24) is 20.4 Å². The van der Waals surface area contributed by atoms with Crippen LogP contribution in [-0.4, -0.2) is 40.8 Å². The molecule has 0 unspecified atom stereocenters. The second-order valence-corrected chi connectivity index (χ2v) is 6.86. The smallest absolute Gasteiger partial charge is 0.224 e. The molecule has 3 aromatic rings. The zero-order chi connectivity index (χ0) is 20.2. The van der Waals surface area contributed by atoms with Gasteiger partial charge in [-0.15, -0.1) is 0 Å². The number of rotatable bonds is 6. The zero-order valence-electron chi connectivity index (χ0n) is 16.4. The van der Waals surface area contributed by atoms with E-state index in [4.69, 9.17) is 14.0 Å². The number of aryl methyl sites for hydroxylation is 2. The van der Waals surface area contributed by atoms with Gasteiger partial charge in [0, 0.05) is 25.2 Å². The molecule has 0 atom stereocenters. The van der Waals surface area contributed by atoms with E-state index >= 15 is 0 Å². The van der Waals surface area contributed by atoms with Gasteiger partial charge < -0.3 is 19.3 Å². The van der Waals surface area contributed by atoms with Crippen LogP contribution in [0.15, 0.2) is 35.0 Å². The number of fused-ring (bicyclic) bond motifs is 1. The maximum Gasteiger partial charge on any atom is 0.224 e. The lowest BCUT2D eigenvalue weighted by atomic mass is 10.1. The summed E-state index contributed by atoms with van der Waals surface area (Å²) in [6.45, 7) is 5.22. The van der Waals surface area contributed by atoms with E-state index in [1.807, 2.05) is 38.1 Å². The number of carbonyl (C=O) groups is 1. The first kappa shape index (κ1) is 18.9. The highest BCUT2D eigenvalue weighted by Gasteiger charge is 2.15. The van der Waals surface area contributed by atoms with Crippen molar-refractivity contribution in [2.75, 3.05) is 19.8 Å². The highest BCUT2D eigenvalue weighted by molar-refractivity contribution is 5.78. The van der Waals surface area contributed by atoms with Crippen LogP contribution in [0, 0.1) is 13.8 Å². The average Bonchev–Trinajstić information content (AvgIpc) is 3.14. The molecule has 1 N–H and O–H groups in total. The van der Waals surface area contributed by atoms with Gasteiger partial charge in [-0.05, 0) is 31.5 Å². The van der Waals surface area contributed by atoms with Crippen LogP contribution in [0.4, 0.5) is 0 Å². The Hall–Kier alpha value is -3.42. The fourth-order valence-corrected chi connectivity index (χ4v) is 3.17. The van der Waals surface area contributed by atoms with Gasteiger partial charge in [-0.3, -0.25) is 4.79 Å². The first-order valence-electron chi connectivity index (χ1n) is 9.50. The Bertz CT molecular complexity index is 1030. The molecule has 150 valence electrons. The third-order valence-electron chi connectivity index (χ3n) is 4.54. The van der Waals surface area contributed by atoms with E-state index in [0.29, 0.717) is 43.5 Å². The molecule has 8 nitrogen and oxygen atoms in total. The van der Waals surface area contributed by atoms with Crippen molar-refractivity contribution in [3.05, 3.63) is 53.2 Å². The average molecular weight is 394 g/mol. The minimum Gasteiger partial charge on any atom is -0.486 e. The molecular weight excluding hydrogens is 372 g/mol. The van der Waals surface area contributed by atoms with Gasteiger partial charge in [-0.2, -0.15) is 0 Å². The van der Waals surface area contributed by atoms with Gasteiger partial charge in [0.05, 0.1) is 23.4 Å². The van der Waals surface area contributed by atoms with E-state index in [9.17, 15) is 4.79 Å². The second kappa shape index (κ2) is 8.30. The molecular formula is C21H22N4O4. The van der Waals surface area contributed by atoms with Gasteiger partial charge in [-0.25, -0.2) is 9.97 Å². The van der Waals surface area contributed by atoms with Crippen LogP contribution in [0.3, 0.4) is 0 Å². The Kier molecular flexibility index (Phi) is 5.41. The minimum atomic E-state index is -0.0653. The number of carbonyl (C=O) groups excluding carboxylic acids is 1. The predicted octanol–water partition coefficient (Wildman–Crippen LogP) is 2.42. The molecule has 29 heavy (non-hydrogen) atoms. The van der Waals surface area contributed by atoms with Crippen LogP contribution in [0.2, 0.25) is 0 Å². The van der Waals surface area contributed by atoms with Crippen molar-refractivity contribution in [1.29, 1.82) is 0 Å². The van der Waals surface area contributed by atoms with Crippen molar-refractivity contribution in [2.45, 2.75) is 26.7 Å². The molecule has 0 saturated heterocycles. The normalized spacial score (nSPS) is 12.6. The SMILES string of the molecule is Cc1cc(-c2cnc(C)nc2CCNC(=O)Cc2ccc3c(c2)OCCO3)on1. The molecule has 0 saturated carbocycles. The molecule has 0 radical (unpaired) electrons. The molecule has 2 aromatic heterocycles. The van der Waals surface area contributed by atoms with Crippen LogP contribution in [0.1, 0.15) is 22.8 Å². The van der Waals surface area contributed by atoms with E-state index in [2.05, 4.69) is 20.4 Å². The maximum absolute atomic E-state index is 12.4. The van der Waals surface area contributed by atoms with E-state index in [-0.39, 0.29) is 12.3 Å². The summed E-state index contributed by atoms with van der Waals surface area (Å²) in [5, 5.41) is 6.87. The third kappa shape index (κ3) is 4.53. The number of nitrogens with zero attached hydrogens (tertiary/aromatic N) is 3. The number of hydrogen-bond acceptors (Lipinski definition) is 7. The summed E-state index contributed by atoms with van der Waals surface area (Å²) in [5.74, 6) is 2.63. The minimum absolute atomic E-state index is 0.0653. The summed E-state index contributed by atoms with van der Waals surface area (Å²) in [6.07, 6.45) is 2.56. The third-order valence-corrected chi connectivity index (χ3v) is 4.54. The number of aromatic nitrogens is 3. The van der Waals surface area contributed by atoms with Crippen LogP contribution in [0.5, 0.6) is 11.5 Å². The monoisotopic (exact) mass is 394 g/mol. The molecule has 0 spiro atoms. The summed E-state index contributed by atoms with van der Waals surface area (Å²) in [6, 6.07) is 7.42. The molecule has 8 heteroatoms. The van der Waals surface area contributed by atoms with Gasteiger partial charge in [0.15, 0.2) is 17.3 Å². The summed E-state index contributed by atoms with van der Waals surface area (Å²) >= 11 is 0. The van der Waals surface area contributed by atoms with Crippen LogP contribution >= 0.6 is 0 Å². The van der Waals surface area contributed by atoms with E-state index in [0.717, 1.165) is 28.3 Å². The molecule has 0 fully saturated rings. The molecule has 0 bridgehead atoms. The molecule has 1 aromatic carbocycles.